The van der Waals surface area contributed by atoms with Crippen LogP contribution in [-0.2, 0) is 6.54 Å². The summed E-state index contributed by atoms with van der Waals surface area (Å²) in [6.45, 7) is 0.432. The fraction of sp³-hybridized carbons (Fsp3) is 0.231. The van der Waals surface area contributed by atoms with Gasteiger partial charge in [0, 0.05) is 19.2 Å². The van der Waals surface area contributed by atoms with Crippen LogP contribution in [-0.4, -0.2) is 35.2 Å². The van der Waals surface area contributed by atoms with Crippen molar-refractivity contribution in [1.29, 1.82) is 0 Å². The predicted octanol–water partition coefficient (Wildman–Crippen LogP) is 1.27. The summed E-state index contributed by atoms with van der Waals surface area (Å²) in [4.78, 5) is 13.7. The van der Waals surface area contributed by atoms with Crippen molar-refractivity contribution in [1.82, 2.24) is 15.1 Å². The van der Waals surface area contributed by atoms with Crippen molar-refractivity contribution in [3.63, 3.8) is 0 Å². The molecule has 0 saturated carbocycles. The van der Waals surface area contributed by atoms with Crippen LogP contribution in [0.1, 0.15) is 16.1 Å². The van der Waals surface area contributed by atoms with E-state index in [1.807, 2.05) is 24.3 Å². The van der Waals surface area contributed by atoms with Gasteiger partial charge >= 0.3 is 0 Å². The fourth-order valence-electron chi connectivity index (χ4n) is 1.82. The Balaban J connectivity index is 2.15. The molecule has 1 aromatic heterocycles. The van der Waals surface area contributed by atoms with Crippen LogP contribution >= 0.6 is 0 Å². The third kappa shape index (κ3) is 2.67. The summed E-state index contributed by atoms with van der Waals surface area (Å²) in [6.07, 6.45) is 1.42. The van der Waals surface area contributed by atoms with Gasteiger partial charge in [-0.1, -0.05) is 18.2 Å². The lowest BCUT2D eigenvalue weighted by atomic mass is 10.2. The average molecular weight is 260 g/mol. The third-order valence-corrected chi connectivity index (χ3v) is 2.83. The van der Waals surface area contributed by atoms with Crippen LogP contribution < -0.4 is 10.5 Å². The monoisotopic (exact) mass is 260 g/mol. The van der Waals surface area contributed by atoms with E-state index in [9.17, 15) is 4.79 Å². The number of aromatic nitrogens is 2. The summed E-state index contributed by atoms with van der Waals surface area (Å²) in [5, 5.41) is 6.35. The average Bonchev–Trinajstić information content (AvgIpc) is 2.84. The Hall–Kier alpha value is -2.50. The molecule has 0 spiro atoms. The number of hydrogen-bond donors (Lipinski definition) is 2. The third-order valence-electron chi connectivity index (χ3n) is 2.83. The Morgan fingerprint density at radius 1 is 1.47 bits per heavy atom. The highest BCUT2D eigenvalue weighted by atomic mass is 16.5. The van der Waals surface area contributed by atoms with Gasteiger partial charge in [-0.2, -0.15) is 5.10 Å². The topological polar surface area (TPSA) is 84.2 Å². The number of benzene rings is 1. The molecule has 0 unspecified atom stereocenters. The molecular weight excluding hydrogens is 244 g/mol. The summed E-state index contributed by atoms with van der Waals surface area (Å²) in [5.74, 6) is 0.542. The van der Waals surface area contributed by atoms with Gasteiger partial charge in [0.25, 0.3) is 5.91 Å². The summed E-state index contributed by atoms with van der Waals surface area (Å²) >= 11 is 0. The van der Waals surface area contributed by atoms with Crippen LogP contribution in [0.25, 0.3) is 0 Å². The number of carbonyl (C=O) groups is 1. The van der Waals surface area contributed by atoms with E-state index in [0.717, 1.165) is 11.3 Å². The van der Waals surface area contributed by atoms with Crippen LogP contribution in [0.2, 0.25) is 0 Å². The molecule has 3 N–H and O–H groups in total. The summed E-state index contributed by atoms with van der Waals surface area (Å²) < 4.78 is 5.26. The molecule has 0 saturated heterocycles. The molecule has 0 aliphatic heterocycles. The summed E-state index contributed by atoms with van der Waals surface area (Å²) in [6, 6.07) is 7.56. The van der Waals surface area contributed by atoms with Gasteiger partial charge in [0.05, 0.1) is 19.0 Å². The Morgan fingerprint density at radius 3 is 2.84 bits per heavy atom. The van der Waals surface area contributed by atoms with Crippen molar-refractivity contribution in [2.24, 2.45) is 0 Å². The van der Waals surface area contributed by atoms with Crippen LogP contribution in [0.3, 0.4) is 0 Å². The van der Waals surface area contributed by atoms with E-state index in [-0.39, 0.29) is 5.91 Å². The van der Waals surface area contributed by atoms with E-state index in [1.54, 1.807) is 19.1 Å². The summed E-state index contributed by atoms with van der Waals surface area (Å²) in [7, 11) is 3.31. The minimum atomic E-state index is -0.207. The maximum absolute atomic E-state index is 12.2. The highest BCUT2D eigenvalue weighted by Crippen LogP contribution is 2.20. The zero-order valence-corrected chi connectivity index (χ0v) is 10.9. The maximum atomic E-state index is 12.2. The quantitative estimate of drug-likeness (QED) is 0.867. The van der Waals surface area contributed by atoms with Gasteiger partial charge < -0.3 is 15.4 Å². The zero-order chi connectivity index (χ0) is 13.8. The largest absolute Gasteiger partial charge is 0.496 e. The number of nitrogens with one attached hydrogen (secondary N) is 1. The van der Waals surface area contributed by atoms with Crippen LogP contribution in [0.5, 0.6) is 5.75 Å². The molecule has 2 rings (SSSR count). The first-order valence-corrected chi connectivity index (χ1v) is 5.79. The van der Waals surface area contributed by atoms with Gasteiger partial charge in [0.1, 0.15) is 11.4 Å². The smallest absolute Gasteiger partial charge is 0.274 e. The van der Waals surface area contributed by atoms with Gasteiger partial charge in [0.2, 0.25) is 0 Å². The van der Waals surface area contributed by atoms with E-state index >= 15 is 0 Å². The molecule has 0 radical (unpaired) electrons. The molecule has 0 aliphatic carbocycles. The normalized spacial score (nSPS) is 10.2. The van der Waals surface area contributed by atoms with Crippen LogP contribution in [0, 0.1) is 0 Å². The predicted molar refractivity (Wildman–Crippen MR) is 71.8 cm³/mol. The van der Waals surface area contributed by atoms with E-state index in [4.69, 9.17) is 10.5 Å². The molecular formula is C13H16N4O2. The number of carbonyl (C=O) groups excluding carboxylic acids is 1. The van der Waals surface area contributed by atoms with Crippen LogP contribution in [0.4, 0.5) is 5.69 Å². The molecule has 19 heavy (non-hydrogen) atoms. The van der Waals surface area contributed by atoms with Crippen LogP contribution in [0.15, 0.2) is 30.5 Å². The number of methoxy groups -OCH3 is 1. The number of ether oxygens (including phenoxy) is 1. The number of para-hydroxylation sites is 1. The van der Waals surface area contributed by atoms with Crippen molar-refractivity contribution >= 4 is 11.6 Å². The molecule has 6 heteroatoms. The minimum absolute atomic E-state index is 0.207. The lowest BCUT2D eigenvalue weighted by molar-refractivity contribution is 0.0779. The molecule has 0 fully saturated rings. The number of aromatic amines is 1. The van der Waals surface area contributed by atoms with Crippen molar-refractivity contribution in [3.8, 4) is 5.75 Å². The van der Waals surface area contributed by atoms with Crippen molar-refractivity contribution in [2.45, 2.75) is 6.54 Å². The van der Waals surface area contributed by atoms with E-state index in [2.05, 4.69) is 10.2 Å². The van der Waals surface area contributed by atoms with E-state index < -0.39 is 0 Å². The first kappa shape index (κ1) is 12.9. The second-order valence-corrected chi connectivity index (χ2v) is 4.17. The minimum Gasteiger partial charge on any atom is -0.496 e. The van der Waals surface area contributed by atoms with Gasteiger partial charge in [-0.3, -0.25) is 9.89 Å². The van der Waals surface area contributed by atoms with Gasteiger partial charge in [-0.25, -0.2) is 0 Å². The second-order valence-electron chi connectivity index (χ2n) is 4.17. The first-order valence-electron chi connectivity index (χ1n) is 5.79. The number of H-pyrrole nitrogens is 1. The fourth-order valence-corrected chi connectivity index (χ4v) is 1.82. The lowest BCUT2D eigenvalue weighted by Gasteiger charge is -2.18. The molecule has 6 nitrogen and oxygen atoms in total. The van der Waals surface area contributed by atoms with E-state index in [0.29, 0.717) is 17.9 Å². The van der Waals surface area contributed by atoms with Gasteiger partial charge in [-0.05, 0) is 6.07 Å². The number of nitrogen functional groups attached to an aromatic ring is 1. The van der Waals surface area contributed by atoms with E-state index in [1.165, 1.54) is 6.20 Å². The standard InChI is InChI=1S/C13H16N4O2/c1-17(13(18)12-10(14)7-15-16-12)8-9-5-3-4-6-11(9)19-2/h3-7H,8,14H2,1-2H3,(H,15,16). The molecule has 1 amide bonds. The van der Waals surface area contributed by atoms with Crippen molar-refractivity contribution in [2.75, 3.05) is 19.9 Å². The van der Waals surface area contributed by atoms with Crippen molar-refractivity contribution in [3.05, 3.63) is 41.7 Å². The SMILES string of the molecule is COc1ccccc1CN(C)C(=O)c1[nH]ncc1N. The first-order chi connectivity index (χ1) is 9.13. The Morgan fingerprint density at radius 2 is 2.21 bits per heavy atom. The molecule has 0 aliphatic rings. The molecule has 0 bridgehead atoms. The Kier molecular flexibility index (Phi) is 3.70. The molecule has 0 atom stereocenters. The maximum Gasteiger partial charge on any atom is 0.274 e. The number of hydrogen-bond acceptors (Lipinski definition) is 4. The Bertz CT molecular complexity index is 580. The highest BCUT2D eigenvalue weighted by Gasteiger charge is 2.17. The summed E-state index contributed by atoms with van der Waals surface area (Å²) in [5.41, 5.74) is 7.24. The Labute approximate surface area is 111 Å². The number of nitrogens with zero attached hydrogens (tertiary/aromatic N) is 2. The molecule has 2 aromatic rings. The lowest BCUT2D eigenvalue weighted by Crippen LogP contribution is -2.27. The molecule has 1 aromatic carbocycles. The number of amides is 1. The molecule has 1 heterocycles. The number of rotatable bonds is 4. The van der Waals surface area contributed by atoms with Gasteiger partial charge in [0.15, 0.2) is 0 Å². The highest BCUT2D eigenvalue weighted by molar-refractivity contribution is 5.96. The number of anilines is 1. The second kappa shape index (κ2) is 5.43. The van der Waals surface area contributed by atoms with Gasteiger partial charge in [-0.15, -0.1) is 0 Å². The number of nitrogens with two attached hydrogens (primary N) is 1. The zero-order valence-electron chi connectivity index (χ0n) is 10.9. The molecule has 100 valence electrons. The van der Waals surface area contributed by atoms with Crippen molar-refractivity contribution < 1.29 is 9.53 Å².